The summed E-state index contributed by atoms with van der Waals surface area (Å²) >= 11 is 4.95. The van der Waals surface area contributed by atoms with Crippen molar-refractivity contribution in [2.24, 2.45) is 0 Å². The van der Waals surface area contributed by atoms with Gasteiger partial charge >= 0.3 is 0 Å². The van der Waals surface area contributed by atoms with Gasteiger partial charge in [0.2, 0.25) is 0 Å². The lowest BCUT2D eigenvalue weighted by molar-refractivity contribution is 0.149. The molecule has 1 aromatic rings. The molecule has 1 nitrogen and oxygen atoms in total. The molecular weight excluding hydrogens is 343 g/mol. The smallest absolute Gasteiger partial charge is 0.248 e. The average molecular weight is 348 g/mol. The summed E-state index contributed by atoms with van der Waals surface area (Å²) < 4.78 is 25.8. The highest BCUT2D eigenvalue weighted by Gasteiger charge is 2.16. The first-order valence-electron chi connectivity index (χ1n) is 3.12. The molecule has 0 saturated carbocycles. The van der Waals surface area contributed by atoms with E-state index in [-0.39, 0.29) is 5.56 Å². The molecule has 0 aliphatic heterocycles. The van der Waals surface area contributed by atoms with E-state index in [9.17, 15) is 8.78 Å². The van der Waals surface area contributed by atoms with Crippen molar-refractivity contribution < 1.29 is 8.78 Å². The second-order valence-corrected chi connectivity index (χ2v) is 4.09. The van der Waals surface area contributed by atoms with Gasteiger partial charge in [-0.05, 0) is 51.0 Å². The number of hydrogen-bond acceptors (Lipinski definition) is 1. The van der Waals surface area contributed by atoms with Crippen molar-refractivity contribution in [1.29, 1.82) is 0 Å². The molecule has 0 fully saturated rings. The molecular formula is C7H5BrF2IN. The molecule has 0 aliphatic carbocycles. The minimum absolute atomic E-state index is 0.0671. The van der Waals surface area contributed by atoms with Gasteiger partial charge < -0.3 is 0 Å². The monoisotopic (exact) mass is 347 g/mol. The summed E-state index contributed by atoms with van der Waals surface area (Å²) in [4.78, 5) is 3.90. The highest BCUT2D eigenvalue weighted by molar-refractivity contribution is 14.1. The van der Waals surface area contributed by atoms with Gasteiger partial charge in [0.25, 0.3) is 6.43 Å². The van der Waals surface area contributed by atoms with Crippen LogP contribution in [0.1, 0.15) is 17.6 Å². The minimum Gasteiger partial charge on any atom is -0.248 e. The third kappa shape index (κ3) is 1.93. The Bertz CT molecular complexity index is 304. The average Bonchev–Trinajstić information content (AvgIpc) is 1.97. The van der Waals surface area contributed by atoms with Gasteiger partial charge in [-0.1, -0.05) is 0 Å². The van der Waals surface area contributed by atoms with E-state index >= 15 is 0 Å². The van der Waals surface area contributed by atoms with Crippen molar-refractivity contribution in [2.45, 2.75) is 13.3 Å². The Morgan fingerprint density at radius 2 is 2.17 bits per heavy atom. The number of aromatic nitrogens is 1. The Labute approximate surface area is 90.8 Å². The first-order valence-corrected chi connectivity index (χ1v) is 5.00. The van der Waals surface area contributed by atoms with Gasteiger partial charge in [0.05, 0.1) is 3.57 Å². The quantitative estimate of drug-likeness (QED) is 0.557. The molecule has 0 aliphatic rings. The summed E-state index contributed by atoms with van der Waals surface area (Å²) in [5.74, 6) is 0. The number of aryl methyl sites for hydroxylation is 1. The summed E-state index contributed by atoms with van der Waals surface area (Å²) in [6, 6.07) is 0. The largest absolute Gasteiger partial charge is 0.265 e. The van der Waals surface area contributed by atoms with Crippen LogP contribution in [-0.2, 0) is 0 Å². The van der Waals surface area contributed by atoms with Crippen molar-refractivity contribution in [3.8, 4) is 0 Å². The highest BCUT2D eigenvalue weighted by atomic mass is 127. The van der Waals surface area contributed by atoms with E-state index in [1.54, 1.807) is 6.92 Å². The molecule has 0 radical (unpaired) electrons. The van der Waals surface area contributed by atoms with E-state index in [2.05, 4.69) is 20.9 Å². The second kappa shape index (κ2) is 3.95. The lowest BCUT2D eigenvalue weighted by atomic mass is 10.2. The topological polar surface area (TPSA) is 12.9 Å². The number of alkyl halides is 2. The van der Waals surface area contributed by atoms with Gasteiger partial charge in [-0.15, -0.1) is 0 Å². The Kier molecular flexibility index (Phi) is 3.39. The first-order chi connectivity index (χ1) is 5.54. The predicted molar refractivity (Wildman–Crippen MR) is 54.3 cm³/mol. The van der Waals surface area contributed by atoms with E-state index < -0.39 is 6.43 Å². The number of hydrogen-bond donors (Lipinski definition) is 0. The van der Waals surface area contributed by atoms with Crippen LogP contribution in [0.2, 0.25) is 0 Å². The van der Waals surface area contributed by atoms with Gasteiger partial charge in [0, 0.05) is 11.8 Å². The zero-order valence-corrected chi connectivity index (χ0v) is 9.86. The van der Waals surface area contributed by atoms with Gasteiger partial charge in [0.1, 0.15) is 4.60 Å². The van der Waals surface area contributed by atoms with Crippen LogP contribution in [0.4, 0.5) is 8.78 Å². The van der Waals surface area contributed by atoms with Crippen molar-refractivity contribution in [3.05, 3.63) is 25.5 Å². The van der Waals surface area contributed by atoms with E-state index in [0.29, 0.717) is 13.7 Å². The molecule has 1 heterocycles. The van der Waals surface area contributed by atoms with Crippen LogP contribution in [0, 0.1) is 10.5 Å². The Morgan fingerprint density at radius 1 is 1.58 bits per heavy atom. The van der Waals surface area contributed by atoms with E-state index in [0.717, 1.165) is 0 Å². The summed E-state index contributed by atoms with van der Waals surface area (Å²) in [6.45, 7) is 1.63. The molecule has 66 valence electrons. The normalized spacial score (nSPS) is 10.8. The van der Waals surface area contributed by atoms with Crippen LogP contribution >= 0.6 is 38.5 Å². The zero-order valence-electron chi connectivity index (χ0n) is 6.11. The first kappa shape index (κ1) is 10.3. The number of rotatable bonds is 1. The SMILES string of the molecule is Cc1cnc(Br)c(I)c1C(F)F. The molecule has 0 unspecified atom stereocenters. The zero-order chi connectivity index (χ0) is 9.30. The fourth-order valence-corrected chi connectivity index (χ4v) is 1.95. The third-order valence-electron chi connectivity index (χ3n) is 1.43. The minimum atomic E-state index is -2.43. The van der Waals surface area contributed by atoms with Gasteiger partial charge in [-0.25, -0.2) is 13.8 Å². The lowest BCUT2D eigenvalue weighted by Gasteiger charge is -2.07. The highest BCUT2D eigenvalue weighted by Crippen LogP contribution is 2.30. The molecule has 0 saturated heterocycles. The number of nitrogens with zero attached hydrogens (tertiary/aromatic N) is 1. The van der Waals surface area contributed by atoms with Crippen molar-refractivity contribution in [1.82, 2.24) is 4.98 Å². The van der Waals surface area contributed by atoms with Gasteiger partial charge in [-0.3, -0.25) is 0 Å². The molecule has 0 aromatic carbocycles. The van der Waals surface area contributed by atoms with Gasteiger partial charge in [-0.2, -0.15) is 0 Å². The van der Waals surface area contributed by atoms with E-state index in [4.69, 9.17) is 0 Å². The Balaban J connectivity index is 3.33. The molecule has 1 aromatic heterocycles. The number of halogens is 4. The molecule has 1 rings (SSSR count). The fraction of sp³-hybridized carbons (Fsp3) is 0.286. The van der Waals surface area contributed by atoms with Crippen molar-refractivity contribution >= 4 is 38.5 Å². The predicted octanol–water partition coefficient (Wildman–Crippen LogP) is 3.69. The van der Waals surface area contributed by atoms with Crippen molar-refractivity contribution in [2.75, 3.05) is 0 Å². The molecule has 0 bridgehead atoms. The summed E-state index contributed by atoms with van der Waals surface area (Å²) in [5.41, 5.74) is 0.593. The van der Waals surface area contributed by atoms with Crippen LogP contribution in [0.5, 0.6) is 0 Å². The summed E-state index contributed by atoms with van der Waals surface area (Å²) in [6.07, 6.45) is -0.996. The number of pyridine rings is 1. The van der Waals surface area contributed by atoms with Crippen LogP contribution in [0.15, 0.2) is 10.8 Å². The van der Waals surface area contributed by atoms with E-state index in [1.165, 1.54) is 6.20 Å². The standard InChI is InChI=1S/C7H5BrF2IN/c1-3-2-12-6(8)5(11)4(3)7(9)10/h2,7H,1H3. The maximum absolute atomic E-state index is 12.4. The van der Waals surface area contributed by atoms with Crippen LogP contribution in [0.25, 0.3) is 0 Å². The van der Waals surface area contributed by atoms with Crippen LogP contribution in [0.3, 0.4) is 0 Å². The van der Waals surface area contributed by atoms with E-state index in [1.807, 2.05) is 22.6 Å². The molecule has 5 heteroatoms. The Hall–Kier alpha value is 0.220. The molecule has 0 spiro atoms. The van der Waals surface area contributed by atoms with Gasteiger partial charge in [0.15, 0.2) is 0 Å². The Morgan fingerprint density at radius 3 is 2.58 bits per heavy atom. The maximum atomic E-state index is 12.4. The molecule has 12 heavy (non-hydrogen) atoms. The molecule has 0 N–H and O–H groups in total. The van der Waals surface area contributed by atoms with Crippen molar-refractivity contribution in [3.63, 3.8) is 0 Å². The molecule has 0 amide bonds. The maximum Gasteiger partial charge on any atom is 0.265 e. The fourth-order valence-electron chi connectivity index (χ4n) is 0.832. The second-order valence-electron chi connectivity index (χ2n) is 2.26. The van der Waals surface area contributed by atoms with Crippen LogP contribution < -0.4 is 0 Å². The summed E-state index contributed by atoms with van der Waals surface area (Å²) in [7, 11) is 0. The molecule has 0 atom stereocenters. The summed E-state index contributed by atoms with van der Waals surface area (Å²) in [5, 5.41) is 0. The van der Waals surface area contributed by atoms with Crippen LogP contribution in [-0.4, -0.2) is 4.98 Å². The lowest BCUT2D eigenvalue weighted by Crippen LogP contribution is -1.96. The third-order valence-corrected chi connectivity index (χ3v) is 3.87.